The van der Waals surface area contributed by atoms with Crippen LogP contribution in [0.2, 0.25) is 0 Å². The van der Waals surface area contributed by atoms with Crippen LogP contribution in [0.1, 0.15) is 6.42 Å². The van der Waals surface area contributed by atoms with Crippen molar-refractivity contribution in [3.05, 3.63) is 12.4 Å². The molecule has 0 atom stereocenters. The van der Waals surface area contributed by atoms with Crippen LogP contribution in [0.5, 0.6) is 0 Å². The number of rotatable bonds is 5. The van der Waals surface area contributed by atoms with Crippen molar-refractivity contribution in [2.75, 3.05) is 19.8 Å². The van der Waals surface area contributed by atoms with E-state index in [0.29, 0.717) is 0 Å². The van der Waals surface area contributed by atoms with Gasteiger partial charge in [0.25, 0.3) is 0 Å². The van der Waals surface area contributed by atoms with Gasteiger partial charge in [0.2, 0.25) is 0 Å². The van der Waals surface area contributed by atoms with Gasteiger partial charge in [0, 0.05) is 19.0 Å². The fourth-order valence-electron chi connectivity index (χ4n) is 1.08. The summed E-state index contributed by atoms with van der Waals surface area (Å²) in [5.74, 6) is 0. The van der Waals surface area contributed by atoms with Crippen molar-refractivity contribution in [3.8, 4) is 0 Å². The van der Waals surface area contributed by atoms with E-state index in [1.807, 2.05) is 7.05 Å². The molecule has 0 bridgehead atoms. The van der Waals surface area contributed by atoms with Crippen molar-refractivity contribution in [1.82, 2.24) is 15.1 Å². The minimum Gasteiger partial charge on any atom is -0.320 e. The second kappa shape index (κ2) is 4.56. The van der Waals surface area contributed by atoms with Crippen LogP contribution < -0.4 is 5.32 Å². The molecular weight excluding hydrogens is 202 g/mol. The number of hydrogen-bond acceptors (Lipinski definition) is 4. The van der Waals surface area contributed by atoms with Gasteiger partial charge in [-0.1, -0.05) is 0 Å². The van der Waals surface area contributed by atoms with Crippen molar-refractivity contribution in [2.24, 2.45) is 0 Å². The van der Waals surface area contributed by atoms with Crippen LogP contribution in [0.4, 0.5) is 0 Å². The van der Waals surface area contributed by atoms with Crippen LogP contribution in [0.25, 0.3) is 0 Å². The van der Waals surface area contributed by atoms with Crippen molar-refractivity contribution >= 4 is 9.84 Å². The van der Waals surface area contributed by atoms with Crippen molar-refractivity contribution in [3.63, 3.8) is 0 Å². The van der Waals surface area contributed by atoms with E-state index in [1.165, 1.54) is 12.5 Å². The molecule has 0 aliphatic rings. The maximum Gasteiger partial charge on any atom is 0.178 e. The Balaban J connectivity index is 2.60. The number of sulfone groups is 1. The Bertz CT molecular complexity index is 383. The highest BCUT2D eigenvalue weighted by Crippen LogP contribution is 2.06. The molecule has 6 heteroatoms. The van der Waals surface area contributed by atoms with E-state index in [-0.39, 0.29) is 4.90 Å². The molecule has 14 heavy (non-hydrogen) atoms. The van der Waals surface area contributed by atoms with Gasteiger partial charge in [-0.25, -0.2) is 8.42 Å². The quantitative estimate of drug-likeness (QED) is 0.699. The smallest absolute Gasteiger partial charge is 0.178 e. The van der Waals surface area contributed by atoms with E-state index in [2.05, 4.69) is 10.4 Å². The monoisotopic (exact) mass is 217 g/mol. The van der Waals surface area contributed by atoms with Crippen LogP contribution >= 0.6 is 0 Å². The third-order valence-corrected chi connectivity index (χ3v) is 2.92. The Morgan fingerprint density at radius 1 is 1.57 bits per heavy atom. The first-order valence-electron chi connectivity index (χ1n) is 4.41. The van der Waals surface area contributed by atoms with E-state index in [4.69, 9.17) is 0 Å². The average Bonchev–Trinajstić information content (AvgIpc) is 2.52. The first-order valence-corrected chi connectivity index (χ1v) is 6.30. The normalized spacial score (nSPS) is 11.9. The Morgan fingerprint density at radius 2 is 2.29 bits per heavy atom. The molecule has 5 nitrogen and oxygen atoms in total. The van der Waals surface area contributed by atoms with Gasteiger partial charge < -0.3 is 5.32 Å². The maximum absolute atomic E-state index is 11.1. The standard InChI is InChI=1S/C8H15N3O2S/c1-9-4-3-5-11-7-8(6-10-11)14(2,12)13/h6-7,9H,3-5H2,1-2H3. The Labute approximate surface area is 84.0 Å². The predicted octanol–water partition coefficient (Wildman–Crippen LogP) is -0.104. The molecule has 0 aliphatic carbocycles. The SMILES string of the molecule is CNCCCn1cc(S(C)(=O)=O)cn1. The molecule has 1 heterocycles. The number of nitrogens with one attached hydrogen (secondary N) is 1. The third-order valence-electron chi connectivity index (χ3n) is 1.85. The van der Waals surface area contributed by atoms with Gasteiger partial charge in [-0.3, -0.25) is 4.68 Å². The Morgan fingerprint density at radius 3 is 2.79 bits per heavy atom. The molecule has 1 rings (SSSR count). The zero-order valence-corrected chi connectivity index (χ0v) is 9.21. The maximum atomic E-state index is 11.1. The second-order valence-corrected chi connectivity index (χ2v) is 5.18. The lowest BCUT2D eigenvalue weighted by atomic mass is 10.4. The highest BCUT2D eigenvalue weighted by atomic mass is 32.2. The van der Waals surface area contributed by atoms with E-state index in [0.717, 1.165) is 19.5 Å². The average molecular weight is 217 g/mol. The van der Waals surface area contributed by atoms with Crippen LogP contribution in [-0.2, 0) is 16.4 Å². The van der Waals surface area contributed by atoms with Gasteiger partial charge in [0.15, 0.2) is 9.84 Å². The number of hydrogen-bond donors (Lipinski definition) is 1. The predicted molar refractivity (Wildman–Crippen MR) is 53.9 cm³/mol. The summed E-state index contributed by atoms with van der Waals surface area (Å²) >= 11 is 0. The summed E-state index contributed by atoms with van der Waals surface area (Å²) in [4.78, 5) is 0.280. The van der Waals surface area contributed by atoms with Crippen molar-refractivity contribution in [1.29, 1.82) is 0 Å². The molecule has 0 saturated heterocycles. The molecule has 1 aromatic rings. The lowest BCUT2D eigenvalue weighted by Gasteiger charge is -1.99. The summed E-state index contributed by atoms with van der Waals surface area (Å²) in [5.41, 5.74) is 0. The highest BCUT2D eigenvalue weighted by molar-refractivity contribution is 7.90. The molecule has 0 fully saturated rings. The zero-order valence-electron chi connectivity index (χ0n) is 8.40. The van der Waals surface area contributed by atoms with Gasteiger partial charge in [-0.05, 0) is 20.0 Å². The third kappa shape index (κ3) is 3.12. The first-order chi connectivity index (χ1) is 6.54. The number of nitrogens with zero attached hydrogens (tertiary/aromatic N) is 2. The minimum absolute atomic E-state index is 0.280. The molecule has 1 N–H and O–H groups in total. The molecular formula is C8H15N3O2S. The van der Waals surface area contributed by atoms with Gasteiger partial charge >= 0.3 is 0 Å². The largest absolute Gasteiger partial charge is 0.320 e. The van der Waals surface area contributed by atoms with Crippen molar-refractivity contribution < 1.29 is 8.42 Å². The minimum atomic E-state index is -3.11. The lowest BCUT2D eigenvalue weighted by molar-refractivity contribution is 0.561. The molecule has 0 aromatic carbocycles. The molecule has 0 spiro atoms. The summed E-state index contributed by atoms with van der Waals surface area (Å²) in [6.07, 6.45) is 5.06. The summed E-state index contributed by atoms with van der Waals surface area (Å²) in [5, 5.41) is 6.98. The Hall–Kier alpha value is -0.880. The number of aryl methyl sites for hydroxylation is 1. The highest BCUT2D eigenvalue weighted by Gasteiger charge is 2.09. The number of aromatic nitrogens is 2. The van der Waals surface area contributed by atoms with Crippen LogP contribution in [-0.4, -0.2) is 38.0 Å². The van der Waals surface area contributed by atoms with Gasteiger partial charge in [-0.15, -0.1) is 0 Å². The van der Waals surface area contributed by atoms with Crippen LogP contribution in [0.15, 0.2) is 17.3 Å². The van der Waals surface area contributed by atoms with Gasteiger partial charge in [0.1, 0.15) is 4.90 Å². The molecule has 0 radical (unpaired) electrons. The van der Waals surface area contributed by atoms with Crippen LogP contribution in [0.3, 0.4) is 0 Å². The summed E-state index contributed by atoms with van der Waals surface area (Å²) in [7, 11) is -1.23. The van der Waals surface area contributed by atoms with E-state index < -0.39 is 9.84 Å². The first kappa shape index (κ1) is 11.2. The zero-order chi connectivity index (χ0) is 10.6. The fraction of sp³-hybridized carbons (Fsp3) is 0.625. The summed E-state index contributed by atoms with van der Waals surface area (Å²) in [6.45, 7) is 1.63. The Kier molecular flexibility index (Phi) is 3.65. The topological polar surface area (TPSA) is 64.0 Å². The van der Waals surface area contributed by atoms with Gasteiger partial charge in [-0.2, -0.15) is 5.10 Å². The molecule has 0 unspecified atom stereocenters. The van der Waals surface area contributed by atoms with Gasteiger partial charge in [0.05, 0.1) is 6.20 Å². The molecule has 0 saturated carbocycles. The fourth-order valence-corrected chi connectivity index (χ4v) is 1.63. The van der Waals surface area contributed by atoms with E-state index in [9.17, 15) is 8.42 Å². The summed E-state index contributed by atoms with van der Waals surface area (Å²) in [6, 6.07) is 0. The molecule has 1 aromatic heterocycles. The molecule has 0 amide bonds. The molecule has 0 aliphatic heterocycles. The van der Waals surface area contributed by atoms with Crippen molar-refractivity contribution in [2.45, 2.75) is 17.9 Å². The second-order valence-electron chi connectivity index (χ2n) is 3.17. The molecule has 80 valence electrons. The summed E-state index contributed by atoms with van der Waals surface area (Å²) < 4.78 is 23.9. The lowest BCUT2D eigenvalue weighted by Crippen LogP contribution is -2.11. The van der Waals surface area contributed by atoms with E-state index in [1.54, 1.807) is 10.9 Å². The van der Waals surface area contributed by atoms with Crippen LogP contribution in [0, 0.1) is 0 Å². The van der Waals surface area contributed by atoms with E-state index >= 15 is 0 Å².